The molecular formula is C19H28N2O2. The summed E-state index contributed by atoms with van der Waals surface area (Å²) in [7, 11) is 0. The summed E-state index contributed by atoms with van der Waals surface area (Å²) in [5.41, 5.74) is 1.05. The Labute approximate surface area is 139 Å². The van der Waals surface area contributed by atoms with E-state index in [-0.39, 0.29) is 17.9 Å². The molecule has 1 fully saturated rings. The quantitative estimate of drug-likeness (QED) is 0.875. The van der Waals surface area contributed by atoms with Crippen molar-refractivity contribution in [2.75, 3.05) is 0 Å². The van der Waals surface area contributed by atoms with Crippen LogP contribution in [0.3, 0.4) is 0 Å². The number of hydrogen-bond acceptors (Lipinski definition) is 2. The smallest absolute Gasteiger partial charge is 0.242 e. The van der Waals surface area contributed by atoms with Gasteiger partial charge in [0.15, 0.2) is 0 Å². The van der Waals surface area contributed by atoms with Crippen LogP contribution in [0.25, 0.3) is 0 Å². The Morgan fingerprint density at radius 2 is 1.83 bits per heavy atom. The predicted octanol–water partition coefficient (Wildman–Crippen LogP) is 3.26. The Balaban J connectivity index is 2.01. The van der Waals surface area contributed by atoms with Crippen molar-refractivity contribution < 1.29 is 9.59 Å². The SMILES string of the molecule is CCC(=O)N(Cc1ccccc1)C(C)C(=O)NC1CCCCC1. The molecule has 0 spiro atoms. The second-order valence-corrected chi connectivity index (χ2v) is 6.38. The Kier molecular flexibility index (Phi) is 6.63. The monoisotopic (exact) mass is 316 g/mol. The number of hydrogen-bond donors (Lipinski definition) is 1. The molecule has 1 saturated carbocycles. The van der Waals surface area contributed by atoms with Gasteiger partial charge < -0.3 is 10.2 Å². The molecule has 4 heteroatoms. The molecule has 1 atom stereocenters. The molecule has 1 aromatic carbocycles. The van der Waals surface area contributed by atoms with Crippen LogP contribution >= 0.6 is 0 Å². The molecule has 0 heterocycles. The van der Waals surface area contributed by atoms with E-state index in [0.717, 1.165) is 18.4 Å². The zero-order valence-electron chi connectivity index (χ0n) is 14.3. The highest BCUT2D eigenvalue weighted by molar-refractivity contribution is 5.87. The fourth-order valence-electron chi connectivity index (χ4n) is 3.13. The fraction of sp³-hybridized carbons (Fsp3) is 0.579. The van der Waals surface area contributed by atoms with E-state index in [9.17, 15) is 9.59 Å². The number of carbonyl (C=O) groups excluding carboxylic acids is 2. The molecule has 1 N–H and O–H groups in total. The number of nitrogens with zero attached hydrogens (tertiary/aromatic N) is 1. The van der Waals surface area contributed by atoms with Gasteiger partial charge in [-0.1, -0.05) is 56.5 Å². The van der Waals surface area contributed by atoms with Gasteiger partial charge in [0.25, 0.3) is 0 Å². The number of amides is 2. The molecule has 0 aromatic heterocycles. The van der Waals surface area contributed by atoms with Gasteiger partial charge in [-0.25, -0.2) is 0 Å². The van der Waals surface area contributed by atoms with Crippen LogP contribution in [0.15, 0.2) is 30.3 Å². The van der Waals surface area contributed by atoms with Gasteiger partial charge in [-0.3, -0.25) is 9.59 Å². The summed E-state index contributed by atoms with van der Waals surface area (Å²) < 4.78 is 0. The summed E-state index contributed by atoms with van der Waals surface area (Å²) in [5.74, 6) is -0.0187. The molecule has 126 valence electrons. The van der Waals surface area contributed by atoms with Gasteiger partial charge in [-0.2, -0.15) is 0 Å². The lowest BCUT2D eigenvalue weighted by atomic mass is 9.95. The van der Waals surface area contributed by atoms with E-state index in [1.165, 1.54) is 19.3 Å². The van der Waals surface area contributed by atoms with Gasteiger partial charge in [0.2, 0.25) is 11.8 Å². The summed E-state index contributed by atoms with van der Waals surface area (Å²) >= 11 is 0. The first kappa shape index (κ1) is 17.5. The molecule has 1 aromatic rings. The van der Waals surface area contributed by atoms with Crippen molar-refractivity contribution in [1.29, 1.82) is 0 Å². The third kappa shape index (κ3) is 5.08. The first-order valence-corrected chi connectivity index (χ1v) is 8.75. The Morgan fingerprint density at radius 1 is 1.17 bits per heavy atom. The van der Waals surface area contributed by atoms with Crippen LogP contribution in [-0.2, 0) is 16.1 Å². The van der Waals surface area contributed by atoms with E-state index in [1.807, 2.05) is 44.2 Å². The molecule has 0 bridgehead atoms. The normalized spacial score (nSPS) is 16.6. The van der Waals surface area contributed by atoms with Crippen LogP contribution in [0.4, 0.5) is 0 Å². The van der Waals surface area contributed by atoms with E-state index in [1.54, 1.807) is 4.90 Å². The highest BCUT2D eigenvalue weighted by Gasteiger charge is 2.27. The van der Waals surface area contributed by atoms with Gasteiger partial charge in [-0.05, 0) is 25.3 Å². The van der Waals surface area contributed by atoms with Crippen molar-refractivity contribution >= 4 is 11.8 Å². The predicted molar refractivity (Wildman–Crippen MR) is 91.8 cm³/mol. The first-order valence-electron chi connectivity index (χ1n) is 8.75. The second kappa shape index (κ2) is 8.70. The lowest BCUT2D eigenvalue weighted by Crippen LogP contribution is -2.50. The molecule has 2 rings (SSSR count). The van der Waals surface area contributed by atoms with E-state index in [0.29, 0.717) is 13.0 Å². The average Bonchev–Trinajstić information content (AvgIpc) is 2.60. The summed E-state index contributed by atoms with van der Waals surface area (Å²) in [6.07, 6.45) is 6.14. The van der Waals surface area contributed by atoms with Crippen molar-refractivity contribution in [2.24, 2.45) is 0 Å². The second-order valence-electron chi connectivity index (χ2n) is 6.38. The Bertz CT molecular complexity index is 509. The fourth-order valence-corrected chi connectivity index (χ4v) is 3.13. The van der Waals surface area contributed by atoms with E-state index < -0.39 is 6.04 Å². The number of rotatable bonds is 6. The van der Waals surface area contributed by atoms with Crippen molar-refractivity contribution in [3.05, 3.63) is 35.9 Å². The van der Waals surface area contributed by atoms with Gasteiger partial charge >= 0.3 is 0 Å². The summed E-state index contributed by atoms with van der Waals surface area (Å²) in [5, 5.41) is 3.13. The lowest BCUT2D eigenvalue weighted by molar-refractivity contribution is -0.140. The zero-order valence-corrected chi connectivity index (χ0v) is 14.3. The minimum atomic E-state index is -0.440. The minimum absolute atomic E-state index is 0.0140. The zero-order chi connectivity index (χ0) is 16.7. The highest BCUT2D eigenvalue weighted by Crippen LogP contribution is 2.18. The van der Waals surface area contributed by atoms with Gasteiger partial charge in [0, 0.05) is 19.0 Å². The van der Waals surface area contributed by atoms with Crippen LogP contribution in [0.2, 0.25) is 0 Å². The minimum Gasteiger partial charge on any atom is -0.352 e. The van der Waals surface area contributed by atoms with Crippen molar-refractivity contribution in [3.63, 3.8) is 0 Å². The van der Waals surface area contributed by atoms with E-state index >= 15 is 0 Å². The largest absolute Gasteiger partial charge is 0.352 e. The number of nitrogens with one attached hydrogen (secondary N) is 1. The number of carbonyl (C=O) groups is 2. The third-order valence-electron chi connectivity index (χ3n) is 4.62. The molecule has 0 saturated heterocycles. The maximum Gasteiger partial charge on any atom is 0.242 e. The van der Waals surface area contributed by atoms with Gasteiger partial charge in [0.05, 0.1) is 0 Å². The van der Waals surface area contributed by atoms with Crippen molar-refractivity contribution in [1.82, 2.24) is 10.2 Å². The molecule has 1 aliphatic rings. The maximum atomic E-state index is 12.6. The molecule has 1 aliphatic carbocycles. The van der Waals surface area contributed by atoms with Crippen LogP contribution in [0.5, 0.6) is 0 Å². The average molecular weight is 316 g/mol. The van der Waals surface area contributed by atoms with Crippen molar-refractivity contribution in [2.45, 2.75) is 71.0 Å². The maximum absolute atomic E-state index is 12.6. The summed E-state index contributed by atoms with van der Waals surface area (Å²) in [4.78, 5) is 26.5. The van der Waals surface area contributed by atoms with E-state index in [2.05, 4.69) is 5.32 Å². The molecule has 1 unspecified atom stereocenters. The lowest BCUT2D eigenvalue weighted by Gasteiger charge is -2.31. The molecule has 0 radical (unpaired) electrons. The van der Waals surface area contributed by atoms with Crippen molar-refractivity contribution in [3.8, 4) is 0 Å². The third-order valence-corrected chi connectivity index (χ3v) is 4.62. The highest BCUT2D eigenvalue weighted by atomic mass is 16.2. The molecule has 2 amide bonds. The standard InChI is InChI=1S/C19H28N2O2/c1-3-18(22)21(14-16-10-6-4-7-11-16)15(2)19(23)20-17-12-8-5-9-13-17/h4,6-7,10-11,15,17H,3,5,8-9,12-14H2,1-2H3,(H,20,23). The molecular weight excluding hydrogens is 288 g/mol. The topological polar surface area (TPSA) is 49.4 Å². The molecule has 4 nitrogen and oxygen atoms in total. The summed E-state index contributed by atoms with van der Waals surface area (Å²) in [6, 6.07) is 9.67. The molecule has 0 aliphatic heterocycles. The van der Waals surface area contributed by atoms with Crippen LogP contribution in [-0.4, -0.2) is 28.8 Å². The van der Waals surface area contributed by atoms with Gasteiger partial charge in [0.1, 0.15) is 6.04 Å². The Morgan fingerprint density at radius 3 is 2.43 bits per heavy atom. The first-order chi connectivity index (χ1) is 11.1. The number of benzene rings is 1. The Hall–Kier alpha value is -1.84. The van der Waals surface area contributed by atoms with E-state index in [4.69, 9.17) is 0 Å². The van der Waals surface area contributed by atoms with Crippen LogP contribution < -0.4 is 5.32 Å². The summed E-state index contributed by atoms with van der Waals surface area (Å²) in [6.45, 7) is 4.15. The van der Waals surface area contributed by atoms with Gasteiger partial charge in [-0.15, -0.1) is 0 Å². The van der Waals surface area contributed by atoms with Crippen LogP contribution in [0, 0.1) is 0 Å². The van der Waals surface area contributed by atoms with Crippen LogP contribution in [0.1, 0.15) is 57.9 Å². The molecule has 23 heavy (non-hydrogen) atoms.